The van der Waals surface area contributed by atoms with Crippen molar-refractivity contribution < 1.29 is 10.2 Å². The van der Waals surface area contributed by atoms with Crippen LogP contribution in [0, 0.1) is 0 Å². The lowest BCUT2D eigenvalue weighted by Crippen LogP contribution is -2.13. The molecule has 0 aliphatic rings. The van der Waals surface area contributed by atoms with Crippen LogP contribution in [0.15, 0.2) is 18.2 Å². The van der Waals surface area contributed by atoms with Gasteiger partial charge in [-0.25, -0.2) is 0 Å². The first-order chi connectivity index (χ1) is 7.21. The Balaban J connectivity index is 3.30. The first-order valence-corrected chi connectivity index (χ1v) is 5.73. The van der Waals surface area contributed by atoms with Crippen LogP contribution >= 0.6 is 0 Å². The molecule has 0 aliphatic heterocycles. The van der Waals surface area contributed by atoms with Crippen LogP contribution in [0.1, 0.15) is 63.5 Å². The van der Waals surface area contributed by atoms with Crippen molar-refractivity contribution in [2.24, 2.45) is 0 Å². The number of hydrogen-bond donors (Lipinski definition) is 2. The first kappa shape index (κ1) is 13.2. The van der Waals surface area contributed by atoms with E-state index in [2.05, 4.69) is 20.8 Å². The summed E-state index contributed by atoms with van der Waals surface area (Å²) in [4.78, 5) is 0. The Bertz CT molecular complexity index is 333. The van der Waals surface area contributed by atoms with Crippen molar-refractivity contribution in [3.63, 3.8) is 0 Å². The quantitative estimate of drug-likeness (QED) is 0.807. The molecule has 0 radical (unpaired) electrons. The van der Waals surface area contributed by atoms with Crippen LogP contribution in [0.5, 0.6) is 0 Å². The van der Waals surface area contributed by atoms with Crippen LogP contribution in [-0.2, 0) is 5.41 Å². The highest BCUT2D eigenvalue weighted by atomic mass is 16.3. The Kier molecular flexibility index (Phi) is 3.76. The molecular weight excluding hydrogens is 200 g/mol. The molecule has 90 valence electrons. The molecule has 2 nitrogen and oxygen atoms in total. The monoisotopic (exact) mass is 222 g/mol. The summed E-state index contributed by atoms with van der Waals surface area (Å²) in [5.74, 6) is 0. The van der Waals surface area contributed by atoms with Crippen LogP contribution in [0.4, 0.5) is 0 Å². The highest BCUT2D eigenvalue weighted by Crippen LogP contribution is 2.28. The summed E-state index contributed by atoms with van der Waals surface area (Å²) in [6.45, 7) is 9.86. The molecule has 0 aromatic heterocycles. The number of aliphatic hydroxyl groups is 2. The molecule has 0 spiro atoms. The molecule has 0 bridgehead atoms. The molecule has 2 heteroatoms. The fourth-order valence-electron chi connectivity index (χ4n) is 1.59. The minimum atomic E-state index is -0.500. The molecule has 2 atom stereocenters. The minimum absolute atomic E-state index is 0.0224. The van der Waals surface area contributed by atoms with E-state index >= 15 is 0 Å². The molecule has 0 saturated heterocycles. The first-order valence-electron chi connectivity index (χ1n) is 5.73. The summed E-state index contributed by atoms with van der Waals surface area (Å²) in [6.07, 6.45) is -1.00. The van der Waals surface area contributed by atoms with Gasteiger partial charge < -0.3 is 10.2 Å². The number of aliphatic hydroxyl groups excluding tert-OH is 2. The molecular formula is C14H22O2. The van der Waals surface area contributed by atoms with Crippen molar-refractivity contribution in [1.29, 1.82) is 0 Å². The Labute approximate surface area is 97.9 Å². The van der Waals surface area contributed by atoms with Gasteiger partial charge in [-0.15, -0.1) is 0 Å². The summed E-state index contributed by atoms with van der Waals surface area (Å²) < 4.78 is 0. The van der Waals surface area contributed by atoms with E-state index in [-0.39, 0.29) is 5.41 Å². The maximum Gasteiger partial charge on any atom is 0.0762 e. The van der Waals surface area contributed by atoms with E-state index in [1.807, 2.05) is 18.2 Å². The van der Waals surface area contributed by atoms with Gasteiger partial charge in [0.25, 0.3) is 0 Å². The molecule has 0 aliphatic carbocycles. The maximum absolute atomic E-state index is 9.64. The zero-order valence-electron chi connectivity index (χ0n) is 10.8. The highest BCUT2D eigenvalue weighted by molar-refractivity contribution is 5.35. The van der Waals surface area contributed by atoms with Gasteiger partial charge in [-0.05, 0) is 36.0 Å². The van der Waals surface area contributed by atoms with Crippen molar-refractivity contribution in [3.05, 3.63) is 34.9 Å². The third kappa shape index (κ3) is 3.06. The van der Waals surface area contributed by atoms with Gasteiger partial charge in [0.15, 0.2) is 0 Å². The molecule has 1 aromatic rings. The smallest absolute Gasteiger partial charge is 0.0762 e. The van der Waals surface area contributed by atoms with Gasteiger partial charge in [0.05, 0.1) is 12.2 Å². The topological polar surface area (TPSA) is 40.5 Å². The van der Waals surface area contributed by atoms with Gasteiger partial charge in [-0.3, -0.25) is 0 Å². The maximum atomic E-state index is 9.64. The van der Waals surface area contributed by atoms with Crippen LogP contribution in [0.2, 0.25) is 0 Å². The van der Waals surface area contributed by atoms with E-state index in [0.717, 1.165) is 16.7 Å². The second-order valence-electron chi connectivity index (χ2n) is 5.49. The summed E-state index contributed by atoms with van der Waals surface area (Å²) in [6, 6.07) is 5.89. The number of rotatable bonds is 2. The Morgan fingerprint density at radius 2 is 1.25 bits per heavy atom. The average Bonchev–Trinajstić information content (AvgIpc) is 2.15. The summed E-state index contributed by atoms with van der Waals surface area (Å²) >= 11 is 0. The Morgan fingerprint density at radius 1 is 0.875 bits per heavy atom. The van der Waals surface area contributed by atoms with Gasteiger partial charge >= 0.3 is 0 Å². The molecule has 0 amide bonds. The minimum Gasteiger partial charge on any atom is -0.389 e. The van der Waals surface area contributed by atoms with Gasteiger partial charge in [-0.1, -0.05) is 39.0 Å². The van der Waals surface area contributed by atoms with E-state index in [9.17, 15) is 10.2 Å². The molecule has 0 heterocycles. The standard InChI is InChI=1S/C14H22O2/c1-9(15)11-6-12(10(2)16)8-13(7-11)14(3,4)5/h6-10,15-16H,1-5H3. The SMILES string of the molecule is CC(O)c1cc(C(C)O)cc(C(C)(C)C)c1. The third-order valence-corrected chi connectivity index (χ3v) is 2.81. The fraction of sp³-hybridized carbons (Fsp3) is 0.571. The predicted molar refractivity (Wildman–Crippen MR) is 66.4 cm³/mol. The van der Waals surface area contributed by atoms with Gasteiger partial charge in [0.1, 0.15) is 0 Å². The van der Waals surface area contributed by atoms with Crippen LogP contribution in [-0.4, -0.2) is 10.2 Å². The normalized spacial score (nSPS) is 15.9. The molecule has 1 rings (SSSR count). The summed E-state index contributed by atoms with van der Waals surface area (Å²) in [7, 11) is 0. The lowest BCUT2D eigenvalue weighted by Gasteiger charge is -2.22. The number of benzene rings is 1. The summed E-state index contributed by atoms with van der Waals surface area (Å²) in [5, 5.41) is 19.3. The second kappa shape index (κ2) is 4.56. The van der Waals surface area contributed by atoms with Crippen LogP contribution in [0.25, 0.3) is 0 Å². The molecule has 1 aromatic carbocycles. The zero-order valence-corrected chi connectivity index (χ0v) is 10.8. The van der Waals surface area contributed by atoms with Gasteiger partial charge in [0.2, 0.25) is 0 Å². The lowest BCUT2D eigenvalue weighted by molar-refractivity contribution is 0.192. The molecule has 2 unspecified atom stereocenters. The second-order valence-corrected chi connectivity index (χ2v) is 5.49. The Hall–Kier alpha value is -0.860. The highest BCUT2D eigenvalue weighted by Gasteiger charge is 2.17. The predicted octanol–water partition coefficient (Wildman–Crippen LogP) is 3.09. The van der Waals surface area contributed by atoms with Crippen LogP contribution < -0.4 is 0 Å². The fourth-order valence-corrected chi connectivity index (χ4v) is 1.59. The van der Waals surface area contributed by atoms with Crippen molar-refractivity contribution in [1.82, 2.24) is 0 Å². The van der Waals surface area contributed by atoms with E-state index in [4.69, 9.17) is 0 Å². The van der Waals surface area contributed by atoms with Crippen molar-refractivity contribution in [2.45, 2.75) is 52.2 Å². The molecule has 0 fully saturated rings. The summed E-state index contributed by atoms with van der Waals surface area (Å²) in [5.41, 5.74) is 2.89. The molecule has 16 heavy (non-hydrogen) atoms. The average molecular weight is 222 g/mol. The molecule has 2 N–H and O–H groups in total. The third-order valence-electron chi connectivity index (χ3n) is 2.81. The Morgan fingerprint density at radius 3 is 1.50 bits per heavy atom. The zero-order chi connectivity index (χ0) is 12.5. The lowest BCUT2D eigenvalue weighted by atomic mass is 9.84. The van der Waals surface area contributed by atoms with E-state index in [1.165, 1.54) is 0 Å². The van der Waals surface area contributed by atoms with E-state index in [1.54, 1.807) is 13.8 Å². The van der Waals surface area contributed by atoms with Crippen molar-refractivity contribution in [2.75, 3.05) is 0 Å². The number of hydrogen-bond acceptors (Lipinski definition) is 2. The van der Waals surface area contributed by atoms with Gasteiger partial charge in [0, 0.05) is 0 Å². The van der Waals surface area contributed by atoms with Crippen molar-refractivity contribution >= 4 is 0 Å². The molecule has 0 saturated carbocycles. The van der Waals surface area contributed by atoms with E-state index in [0.29, 0.717) is 0 Å². The van der Waals surface area contributed by atoms with Crippen molar-refractivity contribution in [3.8, 4) is 0 Å². The van der Waals surface area contributed by atoms with Gasteiger partial charge in [-0.2, -0.15) is 0 Å². The van der Waals surface area contributed by atoms with Crippen LogP contribution in [0.3, 0.4) is 0 Å². The van der Waals surface area contributed by atoms with E-state index < -0.39 is 12.2 Å². The largest absolute Gasteiger partial charge is 0.389 e.